The first-order chi connectivity index (χ1) is 19.4. The quantitative estimate of drug-likeness (QED) is 0.253. The van der Waals surface area contributed by atoms with Gasteiger partial charge in [0.25, 0.3) is 0 Å². The predicted molar refractivity (Wildman–Crippen MR) is 154 cm³/mol. The normalized spacial score (nSPS) is 17.5. The molecule has 1 aliphatic carbocycles. The van der Waals surface area contributed by atoms with Crippen LogP contribution in [0.15, 0.2) is 54.9 Å². The van der Waals surface area contributed by atoms with Gasteiger partial charge in [0.2, 0.25) is 21.9 Å². The summed E-state index contributed by atoms with van der Waals surface area (Å²) < 4.78 is 49.2. The molecule has 0 bridgehead atoms. The van der Waals surface area contributed by atoms with Crippen LogP contribution >= 0.6 is 0 Å². The number of aryl methyl sites for hydroxylation is 1. The Morgan fingerprint density at radius 2 is 1.90 bits per heavy atom. The lowest BCUT2D eigenvalue weighted by Crippen LogP contribution is -2.38. The predicted octanol–water partition coefficient (Wildman–Crippen LogP) is 5.25. The minimum Gasteiger partial charge on any atom is -0.437 e. The Kier molecular flexibility index (Phi) is 7.24. The standard InChI is InChI=1S/C29H31FN6O3S/c1-18-6-9-21-22(10-11-24(30)26(21)36-40(37,38)17-19-7-8-19)27(18)39-28-23(5-3-14-32-28)25-12-15-33-29(35-25)34-20-4-2-13-31-16-20/h3,5-6,9-12,14-15,19-20,31,36H,2,4,7-8,13,16-17H2,1H3,(H,33,34,35)/t20-/m0/s1. The molecule has 9 nitrogen and oxygen atoms in total. The summed E-state index contributed by atoms with van der Waals surface area (Å²) in [7, 11) is -3.69. The van der Waals surface area contributed by atoms with Crippen LogP contribution in [0, 0.1) is 18.7 Å². The van der Waals surface area contributed by atoms with Crippen molar-refractivity contribution in [3.8, 4) is 22.9 Å². The largest absolute Gasteiger partial charge is 0.437 e. The molecule has 1 atom stereocenters. The Balaban J connectivity index is 1.34. The molecule has 3 N–H and O–H groups in total. The number of hydrogen-bond donors (Lipinski definition) is 3. The van der Waals surface area contributed by atoms with Gasteiger partial charge in [0.05, 0.1) is 22.7 Å². The molecule has 3 heterocycles. The molecule has 6 rings (SSSR count). The van der Waals surface area contributed by atoms with E-state index in [0.29, 0.717) is 39.6 Å². The van der Waals surface area contributed by atoms with Crippen molar-refractivity contribution in [1.82, 2.24) is 20.3 Å². The van der Waals surface area contributed by atoms with Gasteiger partial charge >= 0.3 is 0 Å². The van der Waals surface area contributed by atoms with Crippen molar-refractivity contribution >= 4 is 32.4 Å². The summed E-state index contributed by atoms with van der Waals surface area (Å²) in [5.74, 6) is 0.789. The summed E-state index contributed by atoms with van der Waals surface area (Å²) >= 11 is 0. The number of hydrogen-bond acceptors (Lipinski definition) is 8. The van der Waals surface area contributed by atoms with Gasteiger partial charge in [0.1, 0.15) is 11.6 Å². The lowest BCUT2D eigenvalue weighted by molar-refractivity contribution is 0.466. The Labute approximate surface area is 232 Å². The SMILES string of the molecule is Cc1ccc2c(NS(=O)(=O)CC3CC3)c(F)ccc2c1Oc1ncccc1-c1ccnc(N[C@H]2CCCNC2)n1. The van der Waals surface area contributed by atoms with Gasteiger partial charge in [-0.05, 0) is 81.0 Å². The van der Waals surface area contributed by atoms with E-state index in [1.807, 2.05) is 13.0 Å². The van der Waals surface area contributed by atoms with Crippen LogP contribution in [0.3, 0.4) is 0 Å². The fraction of sp³-hybridized carbons (Fsp3) is 0.345. The molecular weight excluding hydrogens is 531 g/mol. The zero-order valence-corrected chi connectivity index (χ0v) is 23.0. The lowest BCUT2D eigenvalue weighted by atomic mass is 10.0. The van der Waals surface area contributed by atoms with E-state index in [4.69, 9.17) is 9.72 Å². The third-order valence-corrected chi connectivity index (χ3v) is 8.66. The van der Waals surface area contributed by atoms with Gasteiger partial charge < -0.3 is 15.4 Å². The number of pyridine rings is 1. The molecule has 11 heteroatoms. The smallest absolute Gasteiger partial charge is 0.233 e. The van der Waals surface area contributed by atoms with Crippen LogP contribution in [0.25, 0.3) is 22.0 Å². The summed E-state index contributed by atoms with van der Waals surface area (Å²) in [6, 6.07) is 12.1. The summed E-state index contributed by atoms with van der Waals surface area (Å²) in [6.07, 6.45) is 7.22. The summed E-state index contributed by atoms with van der Waals surface area (Å²) in [4.78, 5) is 13.6. The zero-order chi connectivity index (χ0) is 27.7. The van der Waals surface area contributed by atoms with Crippen LogP contribution in [0.4, 0.5) is 16.0 Å². The second-order valence-corrected chi connectivity index (χ2v) is 12.2. The van der Waals surface area contributed by atoms with E-state index in [0.717, 1.165) is 44.3 Å². The van der Waals surface area contributed by atoms with Crippen molar-refractivity contribution in [3.05, 3.63) is 66.2 Å². The monoisotopic (exact) mass is 562 g/mol. The maximum atomic E-state index is 14.9. The van der Waals surface area contributed by atoms with E-state index >= 15 is 0 Å². The van der Waals surface area contributed by atoms with Gasteiger partial charge in [0.15, 0.2) is 0 Å². The number of nitrogens with zero attached hydrogens (tertiary/aromatic N) is 3. The van der Waals surface area contributed by atoms with Crippen molar-refractivity contribution in [2.24, 2.45) is 5.92 Å². The minimum absolute atomic E-state index is 0.0115. The molecule has 0 spiro atoms. The Morgan fingerprint density at radius 1 is 1.05 bits per heavy atom. The molecule has 208 valence electrons. The molecule has 4 aromatic rings. The van der Waals surface area contributed by atoms with Crippen molar-refractivity contribution < 1.29 is 17.5 Å². The molecule has 0 amide bonds. The number of fused-ring (bicyclic) bond motifs is 1. The Bertz CT molecular complexity index is 1660. The van der Waals surface area contributed by atoms with Crippen LogP contribution in [-0.4, -0.2) is 48.3 Å². The first-order valence-electron chi connectivity index (χ1n) is 13.5. The summed E-state index contributed by atoms with van der Waals surface area (Å²) in [6.45, 7) is 3.75. The molecule has 2 fully saturated rings. The Morgan fingerprint density at radius 3 is 2.70 bits per heavy atom. The first-order valence-corrected chi connectivity index (χ1v) is 15.2. The molecule has 1 aliphatic heterocycles. The third kappa shape index (κ3) is 5.85. The Hall–Kier alpha value is -3.83. The van der Waals surface area contributed by atoms with Crippen LogP contribution in [-0.2, 0) is 10.0 Å². The highest BCUT2D eigenvalue weighted by Gasteiger charge is 2.29. The van der Waals surface area contributed by atoms with Gasteiger partial charge in [-0.2, -0.15) is 0 Å². The second-order valence-electron chi connectivity index (χ2n) is 10.5. The van der Waals surface area contributed by atoms with Crippen LogP contribution in [0.2, 0.25) is 0 Å². The lowest BCUT2D eigenvalue weighted by Gasteiger charge is -2.23. The molecule has 2 aromatic carbocycles. The highest BCUT2D eigenvalue weighted by molar-refractivity contribution is 7.92. The summed E-state index contributed by atoms with van der Waals surface area (Å²) in [5, 5.41) is 7.76. The number of nitrogens with one attached hydrogen (secondary N) is 3. The van der Waals surface area contributed by atoms with E-state index in [1.165, 1.54) is 6.07 Å². The fourth-order valence-electron chi connectivity index (χ4n) is 4.99. The van der Waals surface area contributed by atoms with Crippen molar-refractivity contribution in [3.63, 3.8) is 0 Å². The van der Waals surface area contributed by atoms with E-state index in [1.54, 1.807) is 42.7 Å². The number of halogens is 1. The average molecular weight is 563 g/mol. The number of ether oxygens (including phenoxy) is 1. The van der Waals surface area contributed by atoms with E-state index in [9.17, 15) is 12.8 Å². The average Bonchev–Trinajstić information content (AvgIpc) is 3.76. The maximum absolute atomic E-state index is 14.9. The number of sulfonamides is 1. The van der Waals surface area contributed by atoms with Crippen molar-refractivity contribution in [2.75, 3.05) is 28.9 Å². The summed E-state index contributed by atoms with van der Waals surface area (Å²) in [5.41, 5.74) is 2.02. The highest BCUT2D eigenvalue weighted by atomic mass is 32.2. The molecule has 1 saturated heterocycles. The van der Waals surface area contributed by atoms with Gasteiger partial charge in [-0.3, -0.25) is 4.72 Å². The van der Waals surface area contributed by atoms with Gasteiger partial charge in [-0.25, -0.2) is 27.8 Å². The molecular formula is C29H31FN6O3S. The van der Waals surface area contributed by atoms with Gasteiger partial charge in [0, 0.05) is 35.8 Å². The van der Waals surface area contributed by atoms with Crippen LogP contribution in [0.5, 0.6) is 11.6 Å². The first kappa shape index (κ1) is 26.4. The van der Waals surface area contributed by atoms with Crippen molar-refractivity contribution in [1.29, 1.82) is 0 Å². The van der Waals surface area contributed by atoms with Crippen LogP contribution < -0.4 is 20.1 Å². The van der Waals surface area contributed by atoms with Gasteiger partial charge in [-0.1, -0.05) is 12.1 Å². The molecule has 0 unspecified atom stereocenters. The topological polar surface area (TPSA) is 118 Å². The van der Waals surface area contributed by atoms with E-state index in [2.05, 4.69) is 25.3 Å². The van der Waals surface area contributed by atoms with E-state index < -0.39 is 15.8 Å². The van der Waals surface area contributed by atoms with Crippen molar-refractivity contribution in [2.45, 2.75) is 38.6 Å². The van der Waals surface area contributed by atoms with Gasteiger partial charge in [-0.15, -0.1) is 0 Å². The number of aromatic nitrogens is 3. The van der Waals surface area contributed by atoms with Crippen LogP contribution in [0.1, 0.15) is 31.2 Å². The number of benzene rings is 2. The highest BCUT2D eigenvalue weighted by Crippen LogP contribution is 2.40. The fourth-order valence-corrected chi connectivity index (χ4v) is 6.55. The second kappa shape index (κ2) is 11.0. The van der Waals surface area contributed by atoms with E-state index in [-0.39, 0.29) is 23.4 Å². The molecule has 1 saturated carbocycles. The number of anilines is 2. The molecule has 40 heavy (non-hydrogen) atoms. The molecule has 0 radical (unpaired) electrons. The molecule has 2 aromatic heterocycles. The molecule has 2 aliphatic rings. The zero-order valence-electron chi connectivity index (χ0n) is 22.2. The number of piperidine rings is 1. The third-order valence-electron chi connectivity index (χ3n) is 7.24. The minimum atomic E-state index is -3.69. The number of rotatable bonds is 9. The maximum Gasteiger partial charge on any atom is 0.233 e.